The van der Waals surface area contributed by atoms with E-state index in [0.29, 0.717) is 30.4 Å². The zero-order valence-corrected chi connectivity index (χ0v) is 32.9. The van der Waals surface area contributed by atoms with Gasteiger partial charge in [-0.05, 0) is 66.9 Å². The number of ether oxygens (including phenoxy) is 5. The number of amides is 1. The number of nitrogens with one attached hydrogen (secondary N) is 2. The fraction of sp³-hybridized carbons (Fsp3) is 0.381. The number of hydrogen-bond donors (Lipinski definition) is 2. The molecule has 1 aliphatic heterocycles. The highest BCUT2D eigenvalue weighted by Crippen LogP contribution is 2.27. The highest BCUT2D eigenvalue weighted by molar-refractivity contribution is 7.17. The number of carbonyl (C=O) groups excluding carboxylic acids is 3. The normalized spacial score (nSPS) is 13.3. The maximum absolute atomic E-state index is 13.4. The van der Waals surface area contributed by atoms with Crippen LogP contribution in [-0.4, -0.2) is 101 Å². The van der Waals surface area contributed by atoms with Crippen molar-refractivity contribution in [2.24, 2.45) is 0 Å². The first-order valence-electron chi connectivity index (χ1n) is 18.9. The van der Waals surface area contributed by atoms with E-state index in [1.165, 1.54) is 48.6 Å². The van der Waals surface area contributed by atoms with Crippen LogP contribution in [0.25, 0.3) is 10.9 Å². The minimum absolute atomic E-state index is 0.0465. The van der Waals surface area contributed by atoms with Crippen molar-refractivity contribution < 1.29 is 38.1 Å². The second-order valence-corrected chi connectivity index (χ2v) is 14.4. The van der Waals surface area contributed by atoms with Gasteiger partial charge in [-0.2, -0.15) is 0 Å². The number of carbonyl (C=O) groups is 3. The first-order chi connectivity index (χ1) is 27.4. The summed E-state index contributed by atoms with van der Waals surface area (Å²) in [6.45, 7) is 6.74. The fourth-order valence-corrected chi connectivity index (χ4v) is 7.51. The molecule has 56 heavy (non-hydrogen) atoms. The summed E-state index contributed by atoms with van der Waals surface area (Å²) < 4.78 is 26.7. The molecule has 1 aliphatic rings. The van der Waals surface area contributed by atoms with Crippen LogP contribution < -0.4 is 24.6 Å². The molecule has 1 amide bonds. The van der Waals surface area contributed by atoms with Gasteiger partial charge in [0, 0.05) is 55.0 Å². The maximum Gasteiger partial charge on any atom is 0.338 e. The number of benzene rings is 3. The Balaban J connectivity index is 0.898. The Hall–Kier alpha value is -5.60. The lowest BCUT2D eigenvalue weighted by Gasteiger charge is -2.36. The zero-order valence-electron chi connectivity index (χ0n) is 32.1. The molecule has 0 bridgehead atoms. The van der Waals surface area contributed by atoms with Crippen LogP contribution in [0.15, 0.2) is 79.1 Å². The van der Waals surface area contributed by atoms with Gasteiger partial charge in [0.2, 0.25) is 0 Å². The molecule has 1 fully saturated rings. The number of anilines is 2. The first kappa shape index (κ1) is 40.1. The third-order valence-electron chi connectivity index (χ3n) is 9.65. The monoisotopic (exact) mass is 783 g/mol. The number of piperazine rings is 1. The number of methoxy groups -OCH3 is 2. The number of unbranched alkanes of at least 4 members (excludes halogenated alkanes) is 1. The second-order valence-electron chi connectivity index (χ2n) is 13.4. The van der Waals surface area contributed by atoms with Crippen molar-refractivity contribution in [3.05, 3.63) is 101 Å². The average Bonchev–Trinajstić information content (AvgIpc) is 3.90. The third kappa shape index (κ3) is 10.4. The molecular formula is C42H49N5O8S. The predicted molar refractivity (Wildman–Crippen MR) is 217 cm³/mol. The van der Waals surface area contributed by atoms with Gasteiger partial charge in [0.1, 0.15) is 29.6 Å². The van der Waals surface area contributed by atoms with E-state index in [1.54, 1.807) is 12.3 Å². The van der Waals surface area contributed by atoms with Crippen molar-refractivity contribution in [1.82, 2.24) is 15.3 Å². The highest BCUT2D eigenvalue weighted by Gasteiger charge is 2.23. The Morgan fingerprint density at radius 1 is 0.839 bits per heavy atom. The summed E-state index contributed by atoms with van der Waals surface area (Å²) in [6, 6.07) is 20.9. The number of nitrogens with zero attached hydrogens (tertiary/aromatic N) is 3. The molecule has 14 heteroatoms. The molecule has 0 saturated carbocycles. The van der Waals surface area contributed by atoms with Crippen LogP contribution in [0.1, 0.15) is 62.1 Å². The van der Waals surface area contributed by atoms with E-state index in [1.807, 2.05) is 18.2 Å². The van der Waals surface area contributed by atoms with E-state index in [2.05, 4.69) is 68.5 Å². The highest BCUT2D eigenvalue weighted by atomic mass is 32.1. The topological polar surface area (TPSA) is 145 Å². The van der Waals surface area contributed by atoms with E-state index in [-0.39, 0.29) is 29.7 Å². The van der Waals surface area contributed by atoms with Crippen molar-refractivity contribution in [2.45, 2.75) is 38.6 Å². The largest absolute Gasteiger partial charge is 0.491 e. The Kier molecular flexibility index (Phi) is 14.2. The smallest absolute Gasteiger partial charge is 0.338 e. The summed E-state index contributed by atoms with van der Waals surface area (Å²) in [5.41, 5.74) is 3.62. The maximum atomic E-state index is 13.4. The summed E-state index contributed by atoms with van der Waals surface area (Å²) >= 11 is 1.45. The predicted octanol–water partition coefficient (Wildman–Crippen LogP) is 6.53. The van der Waals surface area contributed by atoms with Gasteiger partial charge < -0.3 is 43.8 Å². The summed E-state index contributed by atoms with van der Waals surface area (Å²) in [5, 5.41) is 5.38. The van der Waals surface area contributed by atoms with E-state index in [0.717, 1.165) is 73.9 Å². The molecule has 2 N–H and O–H groups in total. The number of hydrogen-bond acceptors (Lipinski definition) is 12. The lowest BCUT2D eigenvalue weighted by Crippen LogP contribution is -2.46. The number of aromatic amines is 1. The number of esters is 2. The third-order valence-corrected chi connectivity index (χ3v) is 10.7. The first-order valence-corrected chi connectivity index (χ1v) is 19.7. The molecule has 0 radical (unpaired) electrons. The van der Waals surface area contributed by atoms with Crippen molar-refractivity contribution in [3.63, 3.8) is 0 Å². The molecule has 0 aliphatic carbocycles. The number of aromatic nitrogens is 2. The molecular weight excluding hydrogens is 735 g/mol. The van der Waals surface area contributed by atoms with E-state index in [9.17, 15) is 14.4 Å². The number of thiazole rings is 1. The van der Waals surface area contributed by atoms with Crippen LogP contribution >= 0.6 is 11.3 Å². The zero-order chi connectivity index (χ0) is 39.3. The Bertz CT molecular complexity index is 2060. The van der Waals surface area contributed by atoms with Gasteiger partial charge in [-0.1, -0.05) is 49.3 Å². The van der Waals surface area contributed by atoms with Gasteiger partial charge in [-0.25, -0.2) is 14.6 Å². The van der Waals surface area contributed by atoms with Crippen LogP contribution in [0.5, 0.6) is 11.5 Å². The van der Waals surface area contributed by atoms with Crippen LogP contribution in [0, 0.1) is 0 Å². The Morgan fingerprint density at radius 2 is 1.52 bits per heavy atom. The molecule has 1 saturated heterocycles. The Labute approximate surface area is 330 Å². The molecule has 6 rings (SSSR count). The van der Waals surface area contributed by atoms with Crippen molar-refractivity contribution in [1.29, 1.82) is 0 Å². The molecule has 1 atom stereocenters. The van der Waals surface area contributed by atoms with Crippen molar-refractivity contribution in [3.8, 4) is 11.5 Å². The van der Waals surface area contributed by atoms with Gasteiger partial charge >= 0.3 is 11.9 Å². The molecule has 3 heterocycles. The minimum atomic E-state index is -0.659. The van der Waals surface area contributed by atoms with Crippen LogP contribution in [0.3, 0.4) is 0 Å². The summed E-state index contributed by atoms with van der Waals surface area (Å²) in [6.07, 6.45) is 7.61. The standard InChI is InChI=1S/C42H49N5O8S/c1-4-5-8-30(25-29-27-43-37-10-7-6-9-34(29)37)45-39(48)38-28-44-42(56-38)47-19-17-46(18-20-47)31-11-13-32(14-12-31)54-23-21-53-22-24-55-33-15-16-35(40(49)51-2)36(26-33)41(50)52-3/h6-7,9-16,26-28,30,43H,4-5,8,17-25H2,1-3H3,(H,45,48). The quantitative estimate of drug-likeness (QED) is 0.0697. The SMILES string of the molecule is CCCCC(Cc1c[nH]c2ccccc12)NC(=O)c1cnc(N2CCN(c3ccc(OCCOCCOc4ccc(C(=O)OC)c(C(=O)OC)c4)cc3)CC2)s1. The second kappa shape index (κ2) is 19.8. The van der Waals surface area contributed by atoms with Gasteiger partial charge in [-0.3, -0.25) is 4.79 Å². The fourth-order valence-electron chi connectivity index (χ4n) is 6.64. The molecule has 3 aromatic carbocycles. The number of para-hydroxylation sites is 1. The van der Waals surface area contributed by atoms with Crippen molar-refractivity contribution in [2.75, 3.05) is 76.6 Å². The Morgan fingerprint density at radius 3 is 2.25 bits per heavy atom. The van der Waals surface area contributed by atoms with E-state index >= 15 is 0 Å². The number of fused-ring (bicyclic) bond motifs is 1. The van der Waals surface area contributed by atoms with Gasteiger partial charge in [0.15, 0.2) is 5.13 Å². The van der Waals surface area contributed by atoms with Crippen LogP contribution in [0.4, 0.5) is 10.8 Å². The lowest BCUT2D eigenvalue weighted by molar-refractivity contribution is 0.0554. The van der Waals surface area contributed by atoms with E-state index < -0.39 is 11.9 Å². The minimum Gasteiger partial charge on any atom is -0.491 e. The molecule has 5 aromatic rings. The number of H-pyrrole nitrogens is 1. The lowest BCUT2D eigenvalue weighted by atomic mass is 10.0. The molecule has 13 nitrogen and oxygen atoms in total. The van der Waals surface area contributed by atoms with Gasteiger partial charge in [-0.15, -0.1) is 0 Å². The summed E-state index contributed by atoms with van der Waals surface area (Å²) in [4.78, 5) is 50.7. The number of rotatable bonds is 19. The van der Waals surface area contributed by atoms with E-state index in [4.69, 9.17) is 23.7 Å². The van der Waals surface area contributed by atoms with Crippen LogP contribution in [0.2, 0.25) is 0 Å². The average molecular weight is 784 g/mol. The molecule has 2 aromatic heterocycles. The van der Waals surface area contributed by atoms with Gasteiger partial charge in [0.25, 0.3) is 5.91 Å². The van der Waals surface area contributed by atoms with Crippen molar-refractivity contribution >= 4 is 50.9 Å². The van der Waals surface area contributed by atoms with Gasteiger partial charge in [0.05, 0.1) is 44.8 Å². The molecule has 1 unspecified atom stereocenters. The molecule has 0 spiro atoms. The summed E-state index contributed by atoms with van der Waals surface area (Å²) in [5.74, 6) is -0.201. The molecule has 296 valence electrons. The summed E-state index contributed by atoms with van der Waals surface area (Å²) in [7, 11) is 2.49. The van der Waals surface area contributed by atoms with Crippen LogP contribution in [-0.2, 0) is 20.6 Å².